The summed E-state index contributed by atoms with van der Waals surface area (Å²) in [5, 5.41) is 87.3. The molecular formula is C73H139NO13. The molecule has 0 aromatic carbocycles. The van der Waals surface area contributed by atoms with Crippen molar-refractivity contribution in [2.75, 3.05) is 19.8 Å². The Balaban J connectivity index is 1.56. The van der Waals surface area contributed by atoms with E-state index < -0.39 is 86.8 Å². The molecule has 87 heavy (non-hydrogen) atoms. The number of carbonyl (C=O) groups excluding carboxylic acids is 1. The molecule has 0 aromatic heterocycles. The van der Waals surface area contributed by atoms with E-state index in [0.717, 1.165) is 32.1 Å². The van der Waals surface area contributed by atoms with E-state index in [1.54, 1.807) is 6.08 Å². The fraction of sp³-hybridized carbons (Fsp3) is 0.932. The Morgan fingerprint density at radius 1 is 0.402 bits per heavy atom. The van der Waals surface area contributed by atoms with Crippen molar-refractivity contribution in [3.8, 4) is 0 Å². The number of amides is 1. The van der Waals surface area contributed by atoms with Gasteiger partial charge in [-0.05, 0) is 32.1 Å². The highest BCUT2D eigenvalue weighted by molar-refractivity contribution is 5.76. The van der Waals surface area contributed by atoms with Crippen LogP contribution in [0, 0.1) is 0 Å². The second-order valence-electron chi connectivity index (χ2n) is 26.4. The quantitative estimate of drug-likeness (QED) is 0.0204. The molecule has 2 aliphatic heterocycles. The van der Waals surface area contributed by atoms with Crippen LogP contribution >= 0.6 is 0 Å². The van der Waals surface area contributed by atoms with Crippen molar-refractivity contribution in [1.82, 2.24) is 5.32 Å². The molecule has 2 heterocycles. The Labute approximate surface area is 532 Å². The van der Waals surface area contributed by atoms with Crippen LogP contribution in [0.1, 0.15) is 341 Å². The number of hydrogen-bond donors (Lipinski definition) is 9. The molecule has 0 aliphatic carbocycles. The van der Waals surface area contributed by atoms with Gasteiger partial charge in [-0.3, -0.25) is 4.79 Å². The first kappa shape index (κ1) is 81.6. The smallest absolute Gasteiger partial charge is 0.220 e. The van der Waals surface area contributed by atoms with Gasteiger partial charge in [0.05, 0.1) is 32.0 Å². The molecule has 1 amide bonds. The SMILES string of the molecule is CCCCCCCCCCC/C=C/CC/C=C/C(O)C(COC1OC(CO)C(OC2OC(CO)C(O)C(O)C2O)C(O)C1O)NC(=O)CCCCCCCCCCCCCCCCCCCCCCCCCCCCCCCCCCCCCCCC. The lowest BCUT2D eigenvalue weighted by Crippen LogP contribution is -2.65. The molecule has 2 aliphatic rings. The number of hydrogen-bond acceptors (Lipinski definition) is 13. The molecule has 14 heteroatoms. The highest BCUT2D eigenvalue weighted by atomic mass is 16.7. The van der Waals surface area contributed by atoms with E-state index >= 15 is 0 Å². The van der Waals surface area contributed by atoms with Crippen LogP contribution < -0.4 is 5.32 Å². The Kier molecular flexibility index (Phi) is 54.7. The standard InChI is InChI=1S/C73H139NO13/c1-3-5-7-9-11-13-15-17-19-20-21-22-23-24-25-26-27-28-29-30-31-32-33-34-35-36-37-38-39-40-41-43-45-47-49-51-53-55-57-65(78)74-61(62(77)56-54-52-50-48-46-44-42-18-16-14-12-10-8-6-4-2)60-84-72-70(83)68(81)71(64(59-76)86-72)87-73-69(82)67(80)66(79)63(58-75)85-73/h46,48,54,56,61-64,66-73,75-77,79-83H,3-45,47,49-53,55,57-60H2,1-2H3,(H,74,78)/b48-46+,56-54+. The zero-order chi connectivity index (χ0) is 63.1. The minimum Gasteiger partial charge on any atom is -0.394 e. The second-order valence-corrected chi connectivity index (χ2v) is 26.4. The monoisotopic (exact) mass is 1240 g/mol. The Morgan fingerprint density at radius 2 is 0.736 bits per heavy atom. The number of rotatable bonds is 62. The predicted molar refractivity (Wildman–Crippen MR) is 355 cm³/mol. The maximum atomic E-state index is 13.3. The van der Waals surface area contributed by atoms with Crippen molar-refractivity contribution in [1.29, 1.82) is 0 Å². The first-order valence-electron chi connectivity index (χ1n) is 37.1. The summed E-state index contributed by atoms with van der Waals surface area (Å²) in [7, 11) is 0. The third-order valence-electron chi connectivity index (χ3n) is 18.4. The summed E-state index contributed by atoms with van der Waals surface area (Å²) in [6.07, 6.45) is 57.1. The third kappa shape index (κ3) is 42.4. The summed E-state index contributed by atoms with van der Waals surface area (Å²) in [5.74, 6) is -0.242. The topological polar surface area (TPSA) is 228 Å². The molecule has 0 saturated carbocycles. The first-order chi connectivity index (χ1) is 42.6. The highest BCUT2D eigenvalue weighted by Gasteiger charge is 2.51. The fourth-order valence-electron chi connectivity index (χ4n) is 12.5. The molecular weight excluding hydrogens is 1100 g/mol. The number of ether oxygens (including phenoxy) is 4. The van der Waals surface area contributed by atoms with Crippen LogP contribution in [0.3, 0.4) is 0 Å². The average Bonchev–Trinajstić information content (AvgIpc) is 2.65. The van der Waals surface area contributed by atoms with Gasteiger partial charge in [0.2, 0.25) is 5.91 Å². The summed E-state index contributed by atoms with van der Waals surface area (Å²) in [5.41, 5.74) is 0. The van der Waals surface area contributed by atoms with Gasteiger partial charge in [-0.25, -0.2) is 0 Å². The zero-order valence-electron chi connectivity index (χ0n) is 56.0. The summed E-state index contributed by atoms with van der Waals surface area (Å²) < 4.78 is 22.8. The van der Waals surface area contributed by atoms with Gasteiger partial charge in [0, 0.05) is 6.42 Å². The van der Waals surface area contributed by atoms with Crippen LogP contribution in [-0.4, -0.2) is 140 Å². The van der Waals surface area contributed by atoms with E-state index in [-0.39, 0.29) is 18.9 Å². The van der Waals surface area contributed by atoms with Gasteiger partial charge in [-0.15, -0.1) is 0 Å². The van der Waals surface area contributed by atoms with Gasteiger partial charge in [-0.2, -0.15) is 0 Å². The van der Waals surface area contributed by atoms with Gasteiger partial charge in [0.1, 0.15) is 48.8 Å². The van der Waals surface area contributed by atoms with E-state index in [2.05, 4.69) is 31.3 Å². The lowest BCUT2D eigenvalue weighted by molar-refractivity contribution is -0.359. The highest BCUT2D eigenvalue weighted by Crippen LogP contribution is 2.30. The molecule has 14 nitrogen and oxygen atoms in total. The number of aliphatic hydroxyl groups excluding tert-OH is 8. The molecule has 2 saturated heterocycles. The second kappa shape index (κ2) is 58.3. The van der Waals surface area contributed by atoms with E-state index in [1.807, 2.05) is 6.08 Å². The van der Waals surface area contributed by atoms with Gasteiger partial charge in [-0.1, -0.05) is 327 Å². The maximum absolute atomic E-state index is 13.3. The van der Waals surface area contributed by atoms with Crippen LogP contribution in [-0.2, 0) is 23.7 Å². The lowest BCUT2D eigenvalue weighted by Gasteiger charge is -2.46. The summed E-state index contributed by atoms with van der Waals surface area (Å²) in [6.45, 7) is 2.82. The number of nitrogens with one attached hydrogen (secondary N) is 1. The Morgan fingerprint density at radius 3 is 1.13 bits per heavy atom. The summed E-state index contributed by atoms with van der Waals surface area (Å²) in [4.78, 5) is 13.3. The molecule has 9 N–H and O–H groups in total. The van der Waals surface area contributed by atoms with E-state index in [0.29, 0.717) is 12.8 Å². The fourth-order valence-corrected chi connectivity index (χ4v) is 12.5. The van der Waals surface area contributed by atoms with Crippen LogP contribution in [0.4, 0.5) is 0 Å². The van der Waals surface area contributed by atoms with E-state index in [9.17, 15) is 45.6 Å². The molecule has 2 rings (SSSR count). The molecule has 12 unspecified atom stereocenters. The van der Waals surface area contributed by atoms with Crippen molar-refractivity contribution in [3.05, 3.63) is 24.3 Å². The summed E-state index contributed by atoms with van der Waals surface area (Å²) >= 11 is 0. The van der Waals surface area contributed by atoms with Crippen LogP contribution in [0.5, 0.6) is 0 Å². The molecule has 12 atom stereocenters. The summed E-state index contributed by atoms with van der Waals surface area (Å²) in [6, 6.07) is -0.928. The number of carbonyl (C=O) groups is 1. The van der Waals surface area contributed by atoms with Crippen molar-refractivity contribution >= 4 is 5.91 Å². The van der Waals surface area contributed by atoms with Crippen molar-refractivity contribution in [3.63, 3.8) is 0 Å². The maximum Gasteiger partial charge on any atom is 0.220 e. The Hall–Kier alpha value is -1.53. The van der Waals surface area contributed by atoms with E-state index in [4.69, 9.17) is 18.9 Å². The molecule has 0 bridgehead atoms. The van der Waals surface area contributed by atoms with Gasteiger partial charge >= 0.3 is 0 Å². The van der Waals surface area contributed by atoms with Crippen molar-refractivity contribution < 1.29 is 64.6 Å². The van der Waals surface area contributed by atoms with Crippen LogP contribution in [0.2, 0.25) is 0 Å². The average molecular weight is 1240 g/mol. The molecule has 0 aromatic rings. The minimum atomic E-state index is -1.79. The Bertz CT molecular complexity index is 1550. The third-order valence-corrected chi connectivity index (χ3v) is 18.4. The van der Waals surface area contributed by atoms with Crippen LogP contribution in [0.15, 0.2) is 24.3 Å². The number of allylic oxidation sites excluding steroid dienone is 3. The molecule has 0 radical (unpaired) electrons. The minimum absolute atomic E-state index is 0.242. The van der Waals surface area contributed by atoms with Crippen molar-refractivity contribution in [2.24, 2.45) is 0 Å². The predicted octanol–water partition coefficient (Wildman–Crippen LogP) is 15.5. The van der Waals surface area contributed by atoms with Crippen LogP contribution in [0.25, 0.3) is 0 Å². The van der Waals surface area contributed by atoms with Gasteiger partial charge in [0.25, 0.3) is 0 Å². The van der Waals surface area contributed by atoms with Gasteiger partial charge < -0.3 is 65.1 Å². The largest absolute Gasteiger partial charge is 0.394 e. The van der Waals surface area contributed by atoms with Gasteiger partial charge in [0.15, 0.2) is 12.6 Å². The van der Waals surface area contributed by atoms with Crippen molar-refractivity contribution in [2.45, 2.75) is 415 Å². The van der Waals surface area contributed by atoms with E-state index in [1.165, 1.54) is 276 Å². The zero-order valence-corrected chi connectivity index (χ0v) is 56.0. The number of unbranched alkanes of at least 4 members (excludes halogenated alkanes) is 47. The normalized spacial score (nSPS) is 23.3. The number of aliphatic hydroxyl groups is 8. The molecule has 2 fully saturated rings. The molecule has 0 spiro atoms. The first-order valence-corrected chi connectivity index (χ1v) is 37.1. The molecule has 514 valence electrons. The lowest BCUT2D eigenvalue weighted by atomic mass is 9.97.